The van der Waals surface area contributed by atoms with Crippen molar-refractivity contribution in [1.82, 2.24) is 14.8 Å². The van der Waals surface area contributed by atoms with Crippen molar-refractivity contribution in [2.24, 2.45) is 0 Å². The highest BCUT2D eigenvalue weighted by atomic mass is 32.2. The molecule has 0 amide bonds. The number of aromatic nitrogens is 3. The first-order valence-electron chi connectivity index (χ1n) is 10.3. The first kappa shape index (κ1) is 20.3. The van der Waals surface area contributed by atoms with E-state index in [4.69, 9.17) is 4.42 Å². The third-order valence-electron chi connectivity index (χ3n) is 5.27. The van der Waals surface area contributed by atoms with Crippen molar-refractivity contribution < 1.29 is 9.21 Å². The summed E-state index contributed by atoms with van der Waals surface area (Å²) in [7, 11) is 0. The molecule has 0 aliphatic rings. The Labute approximate surface area is 190 Å². The lowest BCUT2D eigenvalue weighted by Gasteiger charge is -2.10. The zero-order valence-corrected chi connectivity index (χ0v) is 18.6. The van der Waals surface area contributed by atoms with Gasteiger partial charge >= 0.3 is 0 Å². The molecule has 0 unspecified atom stereocenters. The number of furan rings is 1. The van der Waals surface area contributed by atoms with Crippen molar-refractivity contribution in [2.45, 2.75) is 19.0 Å². The molecule has 0 radical (unpaired) electrons. The van der Waals surface area contributed by atoms with Crippen molar-refractivity contribution in [3.63, 3.8) is 0 Å². The van der Waals surface area contributed by atoms with Gasteiger partial charge in [-0.2, -0.15) is 0 Å². The molecular weight excluding hydrogens is 418 g/mol. The standard InChI is InChI=1S/C26H21N3O2S/c1-17-7-11-19(12-8-17)25-27-28-26(29(25)21-13-9-18(2)10-14-21)32-16-22(30)24-15-20-5-3-4-6-23(20)31-24/h3-15H,16H2,1-2H3. The number of nitrogens with zero attached hydrogens (tertiary/aromatic N) is 3. The number of carbonyl (C=O) groups is 1. The first-order chi connectivity index (χ1) is 15.6. The Balaban J connectivity index is 1.47. The number of carbonyl (C=O) groups excluding carboxylic acids is 1. The number of benzene rings is 3. The molecular formula is C26H21N3O2S. The monoisotopic (exact) mass is 439 g/mol. The SMILES string of the molecule is Cc1ccc(-c2nnc(SCC(=O)c3cc4ccccc4o3)n2-c2ccc(C)cc2)cc1. The molecule has 0 N–H and O–H groups in total. The van der Waals surface area contributed by atoms with Gasteiger partial charge in [-0.3, -0.25) is 9.36 Å². The fourth-order valence-corrected chi connectivity index (χ4v) is 4.32. The Morgan fingerprint density at radius 2 is 1.59 bits per heavy atom. The third-order valence-corrected chi connectivity index (χ3v) is 6.20. The van der Waals surface area contributed by atoms with Crippen molar-refractivity contribution in [3.05, 3.63) is 95.7 Å². The van der Waals surface area contributed by atoms with Gasteiger partial charge in [0.2, 0.25) is 5.78 Å². The van der Waals surface area contributed by atoms with Gasteiger partial charge in [-0.25, -0.2) is 0 Å². The largest absolute Gasteiger partial charge is 0.453 e. The molecule has 2 aromatic heterocycles. The van der Waals surface area contributed by atoms with Crippen molar-refractivity contribution in [1.29, 1.82) is 0 Å². The Morgan fingerprint density at radius 3 is 2.31 bits per heavy atom. The van der Waals surface area contributed by atoms with Gasteiger partial charge in [0.25, 0.3) is 0 Å². The molecule has 0 aliphatic carbocycles. The molecule has 5 rings (SSSR count). The molecule has 0 spiro atoms. The Kier molecular flexibility index (Phi) is 5.37. The minimum atomic E-state index is -0.0819. The number of ketones is 1. The van der Waals surface area contributed by atoms with Crippen LogP contribution in [0.15, 0.2) is 88.4 Å². The molecule has 0 fully saturated rings. The molecule has 3 aromatic carbocycles. The molecule has 5 nitrogen and oxygen atoms in total. The molecule has 0 atom stereocenters. The van der Waals surface area contributed by atoms with Crippen LogP contribution in [0.25, 0.3) is 28.0 Å². The number of Topliss-reactive ketones (excluding diaryl/α,β-unsaturated/α-hetero) is 1. The van der Waals surface area contributed by atoms with Gasteiger partial charge in [0.15, 0.2) is 16.7 Å². The molecule has 0 saturated heterocycles. The van der Waals surface area contributed by atoms with Crippen LogP contribution in [0.3, 0.4) is 0 Å². The van der Waals surface area contributed by atoms with Gasteiger partial charge in [-0.1, -0.05) is 77.5 Å². The lowest BCUT2D eigenvalue weighted by atomic mass is 10.1. The summed E-state index contributed by atoms with van der Waals surface area (Å²) in [6.45, 7) is 4.11. The van der Waals surface area contributed by atoms with Gasteiger partial charge in [0.05, 0.1) is 5.75 Å². The summed E-state index contributed by atoms with van der Waals surface area (Å²) in [6, 6.07) is 25.8. The fourth-order valence-electron chi connectivity index (χ4n) is 3.50. The molecule has 158 valence electrons. The van der Waals surface area contributed by atoms with Crippen LogP contribution >= 0.6 is 11.8 Å². The van der Waals surface area contributed by atoms with Crippen LogP contribution in [0.4, 0.5) is 0 Å². The van der Waals surface area contributed by atoms with Crippen LogP contribution in [0.1, 0.15) is 21.7 Å². The number of hydrogen-bond donors (Lipinski definition) is 0. The van der Waals surface area contributed by atoms with E-state index >= 15 is 0 Å². The maximum Gasteiger partial charge on any atom is 0.208 e. The maximum absolute atomic E-state index is 12.8. The minimum absolute atomic E-state index is 0.0819. The summed E-state index contributed by atoms with van der Waals surface area (Å²) >= 11 is 1.36. The second-order valence-corrected chi connectivity index (χ2v) is 8.65. The lowest BCUT2D eigenvalue weighted by molar-refractivity contribution is 0.0994. The van der Waals surface area contributed by atoms with Gasteiger partial charge in [-0.05, 0) is 38.1 Å². The summed E-state index contributed by atoms with van der Waals surface area (Å²) in [5.41, 5.74) is 4.99. The van der Waals surface area contributed by atoms with Crippen LogP contribution in [-0.2, 0) is 0 Å². The van der Waals surface area contributed by atoms with Gasteiger partial charge in [0, 0.05) is 16.6 Å². The number of aryl methyl sites for hydroxylation is 2. The Bertz CT molecular complexity index is 1370. The van der Waals surface area contributed by atoms with E-state index in [2.05, 4.69) is 48.3 Å². The normalized spacial score (nSPS) is 11.2. The Morgan fingerprint density at radius 1 is 0.906 bits per heavy atom. The van der Waals surface area contributed by atoms with Gasteiger partial charge < -0.3 is 4.42 Å². The highest BCUT2D eigenvalue weighted by Crippen LogP contribution is 2.29. The maximum atomic E-state index is 12.8. The van der Waals surface area contributed by atoms with E-state index in [0.29, 0.717) is 16.5 Å². The molecule has 2 heterocycles. The number of thioether (sulfide) groups is 1. The molecule has 32 heavy (non-hydrogen) atoms. The van der Waals surface area contributed by atoms with E-state index < -0.39 is 0 Å². The van der Waals surface area contributed by atoms with Crippen LogP contribution in [0, 0.1) is 13.8 Å². The quantitative estimate of drug-likeness (QED) is 0.230. The summed E-state index contributed by atoms with van der Waals surface area (Å²) in [4.78, 5) is 12.8. The topological polar surface area (TPSA) is 60.9 Å². The molecule has 0 saturated carbocycles. The molecule has 0 bridgehead atoms. The van der Waals surface area contributed by atoms with Crippen molar-refractivity contribution in [3.8, 4) is 17.1 Å². The average molecular weight is 440 g/mol. The van der Waals surface area contributed by atoms with Crippen molar-refractivity contribution >= 4 is 28.5 Å². The predicted octanol–water partition coefficient (Wildman–Crippen LogP) is 6.27. The van der Waals surface area contributed by atoms with Crippen LogP contribution < -0.4 is 0 Å². The highest BCUT2D eigenvalue weighted by Gasteiger charge is 2.19. The second-order valence-electron chi connectivity index (χ2n) is 7.70. The third kappa shape index (κ3) is 3.97. The highest BCUT2D eigenvalue weighted by molar-refractivity contribution is 7.99. The fraction of sp³-hybridized carbons (Fsp3) is 0.115. The summed E-state index contributed by atoms with van der Waals surface area (Å²) in [6.07, 6.45) is 0. The van der Waals surface area contributed by atoms with Gasteiger partial charge in [0.1, 0.15) is 5.58 Å². The van der Waals surface area contributed by atoms with E-state index in [1.165, 1.54) is 22.9 Å². The first-order valence-corrected chi connectivity index (χ1v) is 11.3. The zero-order valence-electron chi connectivity index (χ0n) is 17.8. The number of rotatable bonds is 6. The minimum Gasteiger partial charge on any atom is -0.453 e. The smallest absolute Gasteiger partial charge is 0.208 e. The van der Waals surface area contributed by atoms with Crippen LogP contribution in [0.5, 0.6) is 0 Å². The van der Waals surface area contributed by atoms with E-state index in [1.54, 1.807) is 6.07 Å². The summed E-state index contributed by atoms with van der Waals surface area (Å²) in [5, 5.41) is 10.5. The van der Waals surface area contributed by atoms with E-state index in [9.17, 15) is 4.79 Å². The van der Waals surface area contributed by atoms with Crippen LogP contribution in [-0.4, -0.2) is 26.3 Å². The van der Waals surface area contributed by atoms with E-state index in [0.717, 1.165) is 22.5 Å². The molecule has 0 aliphatic heterocycles. The van der Waals surface area contributed by atoms with Gasteiger partial charge in [-0.15, -0.1) is 10.2 Å². The predicted molar refractivity (Wildman–Crippen MR) is 128 cm³/mol. The summed E-state index contributed by atoms with van der Waals surface area (Å²) < 4.78 is 7.73. The van der Waals surface area contributed by atoms with E-state index in [1.807, 2.05) is 53.1 Å². The van der Waals surface area contributed by atoms with Crippen molar-refractivity contribution in [2.75, 3.05) is 5.75 Å². The Hall–Kier alpha value is -3.64. The lowest BCUT2D eigenvalue weighted by Crippen LogP contribution is -2.04. The average Bonchev–Trinajstić information content (AvgIpc) is 3.43. The summed E-state index contributed by atoms with van der Waals surface area (Å²) in [5.74, 6) is 1.23. The van der Waals surface area contributed by atoms with Crippen LogP contribution in [0.2, 0.25) is 0 Å². The second kappa shape index (κ2) is 8.48. The molecule has 5 aromatic rings. The van der Waals surface area contributed by atoms with E-state index in [-0.39, 0.29) is 11.5 Å². The number of para-hydroxylation sites is 1. The number of fused-ring (bicyclic) bond motifs is 1. The molecule has 6 heteroatoms. The zero-order chi connectivity index (χ0) is 22.1. The number of hydrogen-bond acceptors (Lipinski definition) is 5.